The Morgan fingerprint density at radius 3 is 2.47 bits per heavy atom. The molecule has 174 valence electrons. The lowest BCUT2D eigenvalue weighted by Gasteiger charge is -2.13. The van der Waals surface area contributed by atoms with E-state index in [1.165, 1.54) is 12.6 Å². The van der Waals surface area contributed by atoms with Crippen molar-refractivity contribution in [3.05, 3.63) is 90.9 Å². The SMILES string of the molecule is C=C[C@@H](CC(=O)O)c1ccc(OCc2cc(-c3ccc(S(C)(=O)=O)cc3)cn3ncnc23)cc1. The molecule has 0 bridgehead atoms. The summed E-state index contributed by atoms with van der Waals surface area (Å²) in [5.74, 6) is -0.524. The highest BCUT2D eigenvalue weighted by Crippen LogP contribution is 2.26. The number of hydrogen-bond donors (Lipinski definition) is 1. The molecule has 0 amide bonds. The first-order valence-electron chi connectivity index (χ1n) is 10.4. The van der Waals surface area contributed by atoms with Crippen LogP contribution < -0.4 is 4.74 Å². The van der Waals surface area contributed by atoms with Crippen LogP contribution in [0.5, 0.6) is 5.75 Å². The van der Waals surface area contributed by atoms with Gasteiger partial charge >= 0.3 is 5.97 Å². The molecule has 9 heteroatoms. The fraction of sp³-hybridized carbons (Fsp3) is 0.160. The first-order valence-corrected chi connectivity index (χ1v) is 12.3. The number of pyridine rings is 1. The van der Waals surface area contributed by atoms with Crippen molar-refractivity contribution in [2.75, 3.05) is 6.26 Å². The van der Waals surface area contributed by atoms with Crippen molar-refractivity contribution in [1.82, 2.24) is 14.6 Å². The number of carboxylic acids is 1. The van der Waals surface area contributed by atoms with E-state index >= 15 is 0 Å². The summed E-state index contributed by atoms with van der Waals surface area (Å²) in [5, 5.41) is 13.3. The lowest BCUT2D eigenvalue weighted by molar-refractivity contribution is -0.137. The zero-order chi connectivity index (χ0) is 24.3. The Morgan fingerprint density at radius 1 is 1.15 bits per heavy atom. The Kier molecular flexibility index (Phi) is 6.47. The van der Waals surface area contributed by atoms with Crippen molar-refractivity contribution < 1.29 is 23.1 Å². The summed E-state index contributed by atoms with van der Waals surface area (Å²) >= 11 is 0. The largest absolute Gasteiger partial charge is 0.489 e. The van der Waals surface area contributed by atoms with Crippen LogP contribution in [0.1, 0.15) is 23.5 Å². The lowest BCUT2D eigenvalue weighted by atomic mass is 9.96. The van der Waals surface area contributed by atoms with Gasteiger partial charge in [-0.25, -0.2) is 17.9 Å². The molecule has 2 aromatic heterocycles. The maximum Gasteiger partial charge on any atom is 0.304 e. The van der Waals surface area contributed by atoms with E-state index in [1.807, 2.05) is 24.4 Å². The van der Waals surface area contributed by atoms with Crippen LogP contribution >= 0.6 is 0 Å². The number of nitrogens with zero attached hydrogens (tertiary/aromatic N) is 3. The molecule has 34 heavy (non-hydrogen) atoms. The number of sulfone groups is 1. The van der Waals surface area contributed by atoms with Gasteiger partial charge in [0.2, 0.25) is 0 Å². The van der Waals surface area contributed by atoms with E-state index in [1.54, 1.807) is 47.0 Å². The van der Waals surface area contributed by atoms with Crippen molar-refractivity contribution in [2.45, 2.75) is 23.8 Å². The van der Waals surface area contributed by atoms with Crippen molar-refractivity contribution in [2.24, 2.45) is 0 Å². The molecular formula is C25H23N3O5S. The van der Waals surface area contributed by atoms with Gasteiger partial charge in [0.05, 0.1) is 11.3 Å². The van der Waals surface area contributed by atoms with Crippen LogP contribution in [0, 0.1) is 0 Å². The predicted molar refractivity (Wildman–Crippen MR) is 127 cm³/mol. The minimum Gasteiger partial charge on any atom is -0.489 e. The monoisotopic (exact) mass is 477 g/mol. The third-order valence-corrected chi connectivity index (χ3v) is 6.58. The molecule has 4 aromatic rings. The summed E-state index contributed by atoms with van der Waals surface area (Å²) < 4.78 is 31.1. The van der Waals surface area contributed by atoms with Gasteiger partial charge < -0.3 is 9.84 Å². The van der Waals surface area contributed by atoms with Crippen LogP contribution in [0.2, 0.25) is 0 Å². The van der Waals surface area contributed by atoms with Gasteiger partial charge in [-0.2, -0.15) is 5.10 Å². The van der Waals surface area contributed by atoms with Gasteiger partial charge in [-0.3, -0.25) is 4.79 Å². The molecule has 1 atom stereocenters. The number of allylic oxidation sites excluding steroid dienone is 1. The van der Waals surface area contributed by atoms with Gasteiger partial charge in [0, 0.05) is 29.5 Å². The molecule has 8 nitrogen and oxygen atoms in total. The summed E-state index contributed by atoms with van der Waals surface area (Å²) in [4.78, 5) is 15.6. The number of hydrogen-bond acceptors (Lipinski definition) is 6. The van der Waals surface area contributed by atoms with Crippen molar-refractivity contribution in [3.63, 3.8) is 0 Å². The molecule has 0 spiro atoms. The highest BCUT2D eigenvalue weighted by atomic mass is 32.2. The molecule has 0 saturated carbocycles. The van der Waals surface area contributed by atoms with E-state index in [-0.39, 0.29) is 23.8 Å². The van der Waals surface area contributed by atoms with Crippen molar-refractivity contribution in [3.8, 4) is 16.9 Å². The topological polar surface area (TPSA) is 111 Å². The first kappa shape index (κ1) is 23.2. The van der Waals surface area contributed by atoms with Gasteiger partial charge in [-0.05, 0) is 41.5 Å². The maximum absolute atomic E-state index is 11.7. The molecule has 0 aliphatic rings. The Balaban J connectivity index is 1.56. The lowest BCUT2D eigenvalue weighted by Crippen LogP contribution is -2.04. The number of aliphatic carboxylic acids is 1. The van der Waals surface area contributed by atoms with Crippen LogP contribution in [-0.4, -0.2) is 40.3 Å². The number of carbonyl (C=O) groups is 1. The van der Waals surface area contributed by atoms with Gasteiger partial charge in [0.15, 0.2) is 15.5 Å². The Labute approximate surface area is 197 Å². The predicted octanol–water partition coefficient (Wildman–Crippen LogP) is 4.12. The normalized spacial score (nSPS) is 12.4. The summed E-state index contributed by atoms with van der Waals surface area (Å²) in [6, 6.07) is 15.9. The number of ether oxygens (including phenoxy) is 1. The molecule has 2 heterocycles. The summed E-state index contributed by atoms with van der Waals surface area (Å²) in [6.07, 6.45) is 6.07. The van der Waals surface area contributed by atoms with Crippen LogP contribution in [0.25, 0.3) is 16.8 Å². The summed E-state index contributed by atoms with van der Waals surface area (Å²) in [6.45, 7) is 3.96. The van der Waals surface area contributed by atoms with E-state index in [4.69, 9.17) is 9.84 Å². The van der Waals surface area contributed by atoms with Gasteiger partial charge in [-0.15, -0.1) is 6.58 Å². The first-order chi connectivity index (χ1) is 16.2. The molecule has 0 saturated heterocycles. The van der Waals surface area contributed by atoms with E-state index < -0.39 is 15.8 Å². The fourth-order valence-electron chi connectivity index (χ4n) is 3.65. The van der Waals surface area contributed by atoms with E-state index in [2.05, 4.69) is 16.7 Å². The van der Waals surface area contributed by atoms with E-state index in [0.717, 1.165) is 22.3 Å². The van der Waals surface area contributed by atoms with Crippen LogP contribution in [0.3, 0.4) is 0 Å². The maximum atomic E-state index is 11.7. The second kappa shape index (κ2) is 9.48. The number of benzene rings is 2. The van der Waals surface area contributed by atoms with Gasteiger partial charge in [-0.1, -0.05) is 30.3 Å². The molecule has 0 unspecified atom stereocenters. The number of rotatable bonds is 9. The molecular weight excluding hydrogens is 454 g/mol. The Bertz CT molecular complexity index is 1440. The smallest absolute Gasteiger partial charge is 0.304 e. The Hall–Kier alpha value is -3.98. The van der Waals surface area contributed by atoms with Crippen molar-refractivity contribution >= 4 is 21.5 Å². The average molecular weight is 478 g/mol. The zero-order valence-corrected chi connectivity index (χ0v) is 19.3. The van der Waals surface area contributed by atoms with E-state index in [0.29, 0.717) is 11.4 Å². The van der Waals surface area contributed by atoms with Crippen LogP contribution in [0.4, 0.5) is 0 Å². The summed E-state index contributed by atoms with van der Waals surface area (Å²) in [7, 11) is -3.27. The Morgan fingerprint density at radius 2 is 1.85 bits per heavy atom. The van der Waals surface area contributed by atoms with Crippen LogP contribution in [0.15, 0.2) is 84.7 Å². The molecule has 2 aromatic carbocycles. The van der Waals surface area contributed by atoms with E-state index in [9.17, 15) is 13.2 Å². The molecule has 4 rings (SSSR count). The fourth-order valence-corrected chi connectivity index (χ4v) is 4.28. The van der Waals surface area contributed by atoms with Crippen LogP contribution in [-0.2, 0) is 21.2 Å². The second-order valence-electron chi connectivity index (χ2n) is 7.88. The highest BCUT2D eigenvalue weighted by Gasteiger charge is 2.13. The third kappa shape index (κ3) is 5.15. The number of aromatic nitrogens is 3. The second-order valence-corrected chi connectivity index (χ2v) is 9.89. The average Bonchev–Trinajstić information content (AvgIpc) is 3.30. The van der Waals surface area contributed by atoms with Gasteiger partial charge in [0.25, 0.3) is 0 Å². The molecule has 0 fully saturated rings. The van der Waals surface area contributed by atoms with Gasteiger partial charge in [0.1, 0.15) is 18.7 Å². The molecule has 0 aliphatic heterocycles. The molecule has 0 radical (unpaired) electrons. The minimum absolute atomic E-state index is 0.0213. The highest BCUT2D eigenvalue weighted by molar-refractivity contribution is 7.90. The zero-order valence-electron chi connectivity index (χ0n) is 18.5. The quantitative estimate of drug-likeness (QED) is 0.361. The molecule has 1 N–H and O–H groups in total. The third-order valence-electron chi connectivity index (χ3n) is 5.45. The number of carboxylic acid groups (broad SMARTS) is 1. The number of fused-ring (bicyclic) bond motifs is 1. The minimum atomic E-state index is -3.27. The molecule has 0 aliphatic carbocycles. The standard InChI is InChI=1S/C25H23N3O5S/c1-3-17(13-24(29)30)18-4-8-22(9-5-18)33-15-21-12-20(14-28-25(21)26-16-27-28)19-6-10-23(11-7-19)34(2,31)32/h3-12,14,16-17H,1,13,15H2,2H3,(H,29,30)/t17-/m0/s1. The summed E-state index contributed by atoms with van der Waals surface area (Å²) in [5.41, 5.74) is 3.99. The van der Waals surface area contributed by atoms with Crippen molar-refractivity contribution in [1.29, 1.82) is 0 Å².